The zero-order chi connectivity index (χ0) is 15.5. The summed E-state index contributed by atoms with van der Waals surface area (Å²) >= 11 is 3.38. The summed E-state index contributed by atoms with van der Waals surface area (Å²) < 4.78 is 14.7. The molecule has 0 heterocycles. The number of nitrogens with one attached hydrogen (secondary N) is 1. The van der Waals surface area contributed by atoms with Gasteiger partial charge < -0.3 is 5.32 Å². The first-order valence-corrected chi connectivity index (χ1v) is 7.95. The van der Waals surface area contributed by atoms with Crippen LogP contribution >= 0.6 is 15.9 Å². The first-order chi connectivity index (χ1) is 9.88. The number of halogens is 2. The van der Waals surface area contributed by atoms with Gasteiger partial charge in [-0.05, 0) is 42.5 Å². The van der Waals surface area contributed by atoms with E-state index in [0.717, 1.165) is 10.9 Å². The highest BCUT2D eigenvalue weighted by molar-refractivity contribution is 9.10. The van der Waals surface area contributed by atoms with Crippen LogP contribution in [0.5, 0.6) is 0 Å². The predicted octanol–water partition coefficient (Wildman–Crippen LogP) is 5.76. The van der Waals surface area contributed by atoms with E-state index < -0.39 is 0 Å². The van der Waals surface area contributed by atoms with Gasteiger partial charge in [0.25, 0.3) is 0 Å². The van der Waals surface area contributed by atoms with Crippen LogP contribution in [0.2, 0.25) is 0 Å². The van der Waals surface area contributed by atoms with E-state index in [1.807, 2.05) is 6.07 Å². The van der Waals surface area contributed by atoms with Crippen LogP contribution < -0.4 is 5.32 Å². The van der Waals surface area contributed by atoms with Crippen molar-refractivity contribution in [3.8, 4) is 0 Å². The molecule has 3 heteroatoms. The largest absolute Gasteiger partial charge is 0.380 e. The van der Waals surface area contributed by atoms with Crippen LogP contribution in [0, 0.1) is 5.82 Å². The number of hydrogen-bond donors (Lipinski definition) is 1. The van der Waals surface area contributed by atoms with Crippen molar-refractivity contribution in [2.45, 2.75) is 38.6 Å². The van der Waals surface area contributed by atoms with Gasteiger partial charge in [0.05, 0.1) is 5.69 Å². The Morgan fingerprint density at radius 2 is 1.81 bits per heavy atom. The minimum absolute atomic E-state index is 0.0379. The molecule has 1 nitrogen and oxygen atoms in total. The lowest BCUT2D eigenvalue weighted by molar-refractivity contribution is 0.449. The van der Waals surface area contributed by atoms with Crippen molar-refractivity contribution in [2.75, 3.05) is 5.32 Å². The van der Waals surface area contributed by atoms with Crippen molar-refractivity contribution in [1.82, 2.24) is 0 Å². The Balaban J connectivity index is 2.07. The molecule has 0 bridgehead atoms. The van der Waals surface area contributed by atoms with Gasteiger partial charge in [0.1, 0.15) is 5.82 Å². The zero-order valence-corrected chi connectivity index (χ0v) is 14.2. The van der Waals surface area contributed by atoms with E-state index in [-0.39, 0.29) is 17.3 Å². The fourth-order valence-corrected chi connectivity index (χ4v) is 3.06. The molecule has 0 spiro atoms. The molecular weight excluding hydrogens is 329 g/mol. The Bertz CT molecular complexity index is 595. The Labute approximate surface area is 134 Å². The van der Waals surface area contributed by atoms with E-state index in [1.54, 1.807) is 12.1 Å². The van der Waals surface area contributed by atoms with Gasteiger partial charge in [-0.3, -0.25) is 0 Å². The van der Waals surface area contributed by atoms with E-state index in [9.17, 15) is 4.39 Å². The summed E-state index contributed by atoms with van der Waals surface area (Å²) in [5.41, 5.74) is 1.88. The Kier molecular flexibility index (Phi) is 5.04. The summed E-state index contributed by atoms with van der Waals surface area (Å²) in [4.78, 5) is 0. The van der Waals surface area contributed by atoms with E-state index in [2.05, 4.69) is 66.3 Å². The quantitative estimate of drug-likeness (QED) is 0.723. The van der Waals surface area contributed by atoms with E-state index in [0.29, 0.717) is 5.69 Å². The lowest BCUT2D eigenvalue weighted by atomic mass is 9.79. The summed E-state index contributed by atoms with van der Waals surface area (Å²) in [6, 6.07) is 15.6. The maximum absolute atomic E-state index is 13.8. The van der Waals surface area contributed by atoms with Gasteiger partial charge in [0.2, 0.25) is 0 Å². The van der Waals surface area contributed by atoms with Gasteiger partial charge in [0, 0.05) is 10.5 Å². The molecule has 2 aromatic carbocycles. The normalized spacial score (nSPS) is 13.0. The van der Waals surface area contributed by atoms with Gasteiger partial charge in [-0.1, -0.05) is 60.1 Å². The summed E-state index contributed by atoms with van der Waals surface area (Å²) in [7, 11) is 0. The van der Waals surface area contributed by atoms with Crippen LogP contribution in [0.4, 0.5) is 10.1 Å². The molecule has 0 aliphatic heterocycles. The van der Waals surface area contributed by atoms with E-state index in [4.69, 9.17) is 0 Å². The molecule has 0 saturated carbocycles. The molecule has 21 heavy (non-hydrogen) atoms. The second kappa shape index (κ2) is 6.61. The van der Waals surface area contributed by atoms with Gasteiger partial charge in [0.15, 0.2) is 0 Å². The molecule has 2 rings (SSSR count). The van der Waals surface area contributed by atoms with Gasteiger partial charge in [-0.2, -0.15) is 0 Å². The SMILES string of the molecule is CC(CC(C)(C)c1ccccc1)Nc1cc(Br)ccc1F. The van der Waals surface area contributed by atoms with Gasteiger partial charge in [-0.25, -0.2) is 4.39 Å². The average Bonchev–Trinajstić information content (AvgIpc) is 2.43. The van der Waals surface area contributed by atoms with Crippen LogP contribution in [0.25, 0.3) is 0 Å². The molecule has 0 saturated heterocycles. The lowest BCUT2D eigenvalue weighted by Crippen LogP contribution is -2.28. The highest BCUT2D eigenvalue weighted by atomic mass is 79.9. The molecule has 1 N–H and O–H groups in total. The van der Waals surface area contributed by atoms with Gasteiger partial charge in [-0.15, -0.1) is 0 Å². The van der Waals surface area contributed by atoms with Gasteiger partial charge >= 0.3 is 0 Å². The summed E-state index contributed by atoms with van der Waals surface area (Å²) in [6.07, 6.45) is 0.920. The highest BCUT2D eigenvalue weighted by Crippen LogP contribution is 2.30. The third kappa shape index (κ3) is 4.31. The molecule has 1 atom stereocenters. The minimum atomic E-state index is -0.220. The highest BCUT2D eigenvalue weighted by Gasteiger charge is 2.23. The molecule has 0 radical (unpaired) electrons. The van der Waals surface area contributed by atoms with Crippen LogP contribution in [-0.2, 0) is 5.41 Å². The molecule has 112 valence electrons. The number of benzene rings is 2. The molecule has 0 aliphatic rings. The molecule has 0 aliphatic carbocycles. The van der Waals surface area contributed by atoms with Crippen LogP contribution in [-0.4, -0.2) is 6.04 Å². The third-order valence-electron chi connectivity index (χ3n) is 3.70. The van der Waals surface area contributed by atoms with Crippen LogP contribution in [0.1, 0.15) is 32.8 Å². The molecule has 0 aromatic heterocycles. The molecule has 0 fully saturated rings. The van der Waals surface area contributed by atoms with Crippen molar-refractivity contribution >= 4 is 21.6 Å². The topological polar surface area (TPSA) is 12.0 Å². The Morgan fingerprint density at radius 3 is 2.48 bits per heavy atom. The molecular formula is C18H21BrFN. The maximum atomic E-state index is 13.8. The fraction of sp³-hybridized carbons (Fsp3) is 0.333. The first-order valence-electron chi connectivity index (χ1n) is 7.15. The second-order valence-electron chi connectivity index (χ2n) is 6.12. The first kappa shape index (κ1) is 16.0. The number of rotatable bonds is 5. The predicted molar refractivity (Wildman–Crippen MR) is 91.3 cm³/mol. The second-order valence-corrected chi connectivity index (χ2v) is 7.04. The van der Waals surface area contributed by atoms with Crippen LogP contribution in [0.15, 0.2) is 53.0 Å². The van der Waals surface area contributed by atoms with E-state index in [1.165, 1.54) is 11.6 Å². The summed E-state index contributed by atoms with van der Waals surface area (Å²) in [6.45, 7) is 6.53. The summed E-state index contributed by atoms with van der Waals surface area (Å²) in [5, 5.41) is 3.27. The average molecular weight is 350 g/mol. The monoisotopic (exact) mass is 349 g/mol. The van der Waals surface area contributed by atoms with Crippen molar-refractivity contribution in [3.63, 3.8) is 0 Å². The number of hydrogen-bond acceptors (Lipinski definition) is 1. The van der Waals surface area contributed by atoms with Crippen molar-refractivity contribution < 1.29 is 4.39 Å². The van der Waals surface area contributed by atoms with E-state index >= 15 is 0 Å². The third-order valence-corrected chi connectivity index (χ3v) is 4.20. The van der Waals surface area contributed by atoms with Crippen molar-refractivity contribution in [1.29, 1.82) is 0 Å². The van der Waals surface area contributed by atoms with Crippen molar-refractivity contribution in [3.05, 3.63) is 64.4 Å². The zero-order valence-electron chi connectivity index (χ0n) is 12.7. The smallest absolute Gasteiger partial charge is 0.146 e. The molecule has 1 unspecified atom stereocenters. The summed E-state index contributed by atoms with van der Waals surface area (Å²) in [5.74, 6) is -0.220. The number of anilines is 1. The molecule has 0 amide bonds. The maximum Gasteiger partial charge on any atom is 0.146 e. The lowest BCUT2D eigenvalue weighted by Gasteiger charge is -2.29. The molecule has 2 aromatic rings. The van der Waals surface area contributed by atoms with Crippen molar-refractivity contribution in [2.24, 2.45) is 0 Å². The fourth-order valence-electron chi connectivity index (χ4n) is 2.70. The van der Waals surface area contributed by atoms with Crippen LogP contribution in [0.3, 0.4) is 0 Å². The standard InChI is InChI=1S/C18H21BrFN/c1-13(21-17-11-15(19)9-10-16(17)20)12-18(2,3)14-7-5-4-6-8-14/h4-11,13,21H,12H2,1-3H3. The minimum Gasteiger partial charge on any atom is -0.380 e. The Hall–Kier alpha value is -1.35. The Morgan fingerprint density at radius 1 is 1.14 bits per heavy atom.